The van der Waals surface area contributed by atoms with Gasteiger partial charge in [-0.05, 0) is 38.1 Å². The average molecular weight is 248 g/mol. The van der Waals surface area contributed by atoms with Gasteiger partial charge in [-0.15, -0.1) is 0 Å². The summed E-state index contributed by atoms with van der Waals surface area (Å²) in [5.41, 5.74) is 0.607. The Morgan fingerprint density at radius 3 is 3.06 bits per heavy atom. The number of carbonyl (C=O) groups is 1. The Balaban J connectivity index is 1.64. The first-order valence-corrected chi connectivity index (χ1v) is 6.85. The van der Waals surface area contributed by atoms with Crippen LogP contribution in [0, 0.1) is 5.92 Å². The van der Waals surface area contributed by atoms with E-state index in [2.05, 4.69) is 15.3 Å². The van der Waals surface area contributed by atoms with Crippen LogP contribution in [0.5, 0.6) is 0 Å². The maximum absolute atomic E-state index is 12.3. The largest absolute Gasteiger partial charge is 0.341 e. The summed E-state index contributed by atoms with van der Waals surface area (Å²) in [4.78, 5) is 21.0. The predicted molar refractivity (Wildman–Crippen MR) is 68.2 cm³/mol. The quantitative estimate of drug-likeness (QED) is 0.821. The first-order chi connectivity index (χ1) is 8.84. The van der Waals surface area contributed by atoms with Gasteiger partial charge in [0.1, 0.15) is 5.69 Å². The van der Waals surface area contributed by atoms with Crippen molar-refractivity contribution >= 4 is 5.91 Å². The Morgan fingerprint density at radius 1 is 1.39 bits per heavy atom. The lowest BCUT2D eigenvalue weighted by molar-refractivity contribution is 0.0646. The summed E-state index contributed by atoms with van der Waals surface area (Å²) >= 11 is 0. The van der Waals surface area contributed by atoms with Crippen molar-refractivity contribution in [2.24, 2.45) is 5.92 Å². The molecule has 0 radical (unpaired) electrons. The molecule has 2 unspecified atom stereocenters. The molecule has 0 spiro atoms. The number of amides is 1. The van der Waals surface area contributed by atoms with Crippen LogP contribution in [-0.2, 0) is 0 Å². The van der Waals surface area contributed by atoms with Crippen molar-refractivity contribution in [1.29, 1.82) is 0 Å². The smallest absolute Gasteiger partial charge is 0.271 e. The summed E-state index contributed by atoms with van der Waals surface area (Å²) < 4.78 is 0. The molecule has 1 aromatic heterocycles. The van der Waals surface area contributed by atoms with E-state index < -0.39 is 0 Å². The Bertz CT molecular complexity index is 397. The van der Waals surface area contributed by atoms with Crippen molar-refractivity contribution in [2.75, 3.05) is 19.6 Å². The molecule has 2 aliphatic heterocycles. The highest BCUT2D eigenvalue weighted by Crippen LogP contribution is 2.25. The molecule has 2 fully saturated rings. The Kier molecular flexibility index (Phi) is 3.32. The fraction of sp³-hybridized carbons (Fsp3) is 0.692. The molecular weight excluding hydrogens is 228 g/mol. The molecule has 2 N–H and O–H groups in total. The monoisotopic (exact) mass is 248 g/mol. The third kappa shape index (κ3) is 2.27. The number of imidazole rings is 1. The third-order valence-corrected chi connectivity index (χ3v) is 4.14. The van der Waals surface area contributed by atoms with E-state index in [9.17, 15) is 4.79 Å². The van der Waals surface area contributed by atoms with Crippen LogP contribution in [-0.4, -0.2) is 46.5 Å². The number of nitrogens with one attached hydrogen (secondary N) is 2. The summed E-state index contributed by atoms with van der Waals surface area (Å²) in [5.74, 6) is 0.711. The van der Waals surface area contributed by atoms with Gasteiger partial charge in [-0.3, -0.25) is 4.79 Å². The van der Waals surface area contributed by atoms with Crippen molar-refractivity contribution in [1.82, 2.24) is 20.2 Å². The number of likely N-dealkylation sites (tertiary alicyclic amines) is 1. The van der Waals surface area contributed by atoms with E-state index in [4.69, 9.17) is 0 Å². The van der Waals surface area contributed by atoms with Gasteiger partial charge in [-0.25, -0.2) is 4.98 Å². The number of rotatable bonds is 2. The molecule has 0 aromatic carbocycles. The summed E-state index contributed by atoms with van der Waals surface area (Å²) in [5, 5.41) is 3.56. The van der Waals surface area contributed by atoms with Crippen LogP contribution in [0.3, 0.4) is 0 Å². The molecule has 2 saturated heterocycles. The van der Waals surface area contributed by atoms with Crippen molar-refractivity contribution in [3.8, 4) is 0 Å². The Labute approximate surface area is 107 Å². The van der Waals surface area contributed by atoms with Crippen LogP contribution >= 0.6 is 0 Å². The summed E-state index contributed by atoms with van der Waals surface area (Å²) in [7, 11) is 0. The molecule has 0 bridgehead atoms. The van der Waals surface area contributed by atoms with Crippen LogP contribution < -0.4 is 5.32 Å². The molecule has 2 atom stereocenters. The number of aromatic amines is 1. The number of H-pyrrole nitrogens is 1. The first-order valence-electron chi connectivity index (χ1n) is 6.85. The average Bonchev–Trinajstić information content (AvgIpc) is 3.11. The van der Waals surface area contributed by atoms with Gasteiger partial charge in [0, 0.05) is 19.1 Å². The van der Waals surface area contributed by atoms with Gasteiger partial charge < -0.3 is 15.2 Å². The van der Waals surface area contributed by atoms with Crippen molar-refractivity contribution in [3.05, 3.63) is 18.2 Å². The number of hydrogen-bond donors (Lipinski definition) is 2. The van der Waals surface area contributed by atoms with Crippen molar-refractivity contribution in [3.63, 3.8) is 0 Å². The van der Waals surface area contributed by atoms with E-state index in [-0.39, 0.29) is 5.91 Å². The molecule has 3 rings (SSSR count). The fourth-order valence-corrected chi connectivity index (χ4v) is 3.18. The highest BCUT2D eigenvalue weighted by Gasteiger charge is 2.31. The molecule has 5 nitrogen and oxygen atoms in total. The van der Waals surface area contributed by atoms with Gasteiger partial charge in [-0.1, -0.05) is 0 Å². The Morgan fingerprint density at radius 2 is 2.33 bits per heavy atom. The lowest BCUT2D eigenvalue weighted by Crippen LogP contribution is -2.45. The van der Waals surface area contributed by atoms with Crippen LogP contribution in [0.15, 0.2) is 12.5 Å². The van der Waals surface area contributed by atoms with E-state index in [0.29, 0.717) is 17.7 Å². The predicted octanol–water partition coefficient (Wildman–Crippen LogP) is 1.01. The number of piperidine rings is 1. The summed E-state index contributed by atoms with van der Waals surface area (Å²) in [6.07, 6.45) is 8.06. The molecule has 1 aromatic rings. The van der Waals surface area contributed by atoms with Crippen LogP contribution in [0.2, 0.25) is 0 Å². The topological polar surface area (TPSA) is 61.0 Å². The molecule has 1 amide bonds. The minimum absolute atomic E-state index is 0.0928. The molecule has 98 valence electrons. The molecule has 0 saturated carbocycles. The highest BCUT2D eigenvalue weighted by atomic mass is 16.2. The van der Waals surface area contributed by atoms with Crippen molar-refractivity contribution in [2.45, 2.75) is 31.7 Å². The second-order valence-corrected chi connectivity index (χ2v) is 5.32. The zero-order chi connectivity index (χ0) is 12.4. The van der Waals surface area contributed by atoms with Crippen LogP contribution in [0.25, 0.3) is 0 Å². The van der Waals surface area contributed by atoms with Crippen molar-refractivity contribution < 1.29 is 4.79 Å². The number of carbonyl (C=O) groups excluding carboxylic acids is 1. The van der Waals surface area contributed by atoms with Gasteiger partial charge >= 0.3 is 0 Å². The van der Waals surface area contributed by atoms with Gasteiger partial charge in [-0.2, -0.15) is 0 Å². The van der Waals surface area contributed by atoms with Crippen LogP contribution in [0.4, 0.5) is 0 Å². The highest BCUT2D eigenvalue weighted by molar-refractivity contribution is 5.92. The van der Waals surface area contributed by atoms with Crippen LogP contribution in [0.1, 0.15) is 36.2 Å². The maximum Gasteiger partial charge on any atom is 0.271 e. The third-order valence-electron chi connectivity index (χ3n) is 4.14. The van der Waals surface area contributed by atoms with Gasteiger partial charge in [0.25, 0.3) is 5.91 Å². The minimum atomic E-state index is 0.0928. The van der Waals surface area contributed by atoms with E-state index in [1.807, 2.05) is 4.90 Å². The number of hydrogen-bond acceptors (Lipinski definition) is 3. The molecular formula is C13H20N4O. The summed E-state index contributed by atoms with van der Waals surface area (Å²) in [6, 6.07) is 0.613. The lowest BCUT2D eigenvalue weighted by atomic mass is 9.89. The van der Waals surface area contributed by atoms with Gasteiger partial charge in [0.15, 0.2) is 0 Å². The van der Waals surface area contributed by atoms with Gasteiger partial charge in [0.05, 0.1) is 12.5 Å². The second-order valence-electron chi connectivity index (χ2n) is 5.32. The zero-order valence-corrected chi connectivity index (χ0v) is 10.6. The van der Waals surface area contributed by atoms with E-state index in [1.165, 1.54) is 19.3 Å². The molecule has 2 aliphatic rings. The molecule has 5 heteroatoms. The van der Waals surface area contributed by atoms with E-state index >= 15 is 0 Å². The second kappa shape index (κ2) is 5.10. The lowest BCUT2D eigenvalue weighted by Gasteiger charge is -2.35. The van der Waals surface area contributed by atoms with E-state index in [0.717, 1.165) is 26.1 Å². The minimum Gasteiger partial charge on any atom is -0.341 e. The fourth-order valence-electron chi connectivity index (χ4n) is 3.18. The number of nitrogens with zero attached hydrogens (tertiary/aromatic N) is 2. The molecule has 0 aliphatic carbocycles. The standard InChI is InChI=1S/C13H20N4O/c18-13(12-7-14-9-16-12)17-6-2-3-10(8-17)11-4-1-5-15-11/h7,9-11,15H,1-6,8H2,(H,14,16). The SMILES string of the molecule is O=C(c1cnc[nH]1)N1CCCC(C2CCCN2)C1. The molecule has 18 heavy (non-hydrogen) atoms. The number of aromatic nitrogens is 2. The first kappa shape index (κ1) is 11.7. The molecule has 3 heterocycles. The van der Waals surface area contributed by atoms with Gasteiger partial charge in [0.2, 0.25) is 0 Å². The zero-order valence-electron chi connectivity index (χ0n) is 10.6. The van der Waals surface area contributed by atoms with E-state index in [1.54, 1.807) is 12.5 Å². The summed E-state index contributed by atoms with van der Waals surface area (Å²) in [6.45, 7) is 2.90. The normalized spacial score (nSPS) is 28.6. The maximum atomic E-state index is 12.3. The Hall–Kier alpha value is -1.36.